The van der Waals surface area contributed by atoms with Crippen molar-refractivity contribution in [2.45, 2.75) is 25.0 Å². The van der Waals surface area contributed by atoms with Gasteiger partial charge in [0.05, 0.1) is 5.02 Å². The minimum absolute atomic E-state index is 0.165. The zero-order valence-electron chi connectivity index (χ0n) is 10.6. The number of carboxylic acid groups (broad SMARTS) is 1. The molecule has 0 aliphatic carbocycles. The van der Waals surface area contributed by atoms with Gasteiger partial charge in [0, 0.05) is 5.56 Å². The molecular formula is C13H10ClFN2O4. The lowest BCUT2D eigenvalue weighted by atomic mass is 10.2. The van der Waals surface area contributed by atoms with Gasteiger partial charge in [0.15, 0.2) is 6.10 Å². The molecule has 1 saturated heterocycles. The molecule has 2 aromatic rings. The van der Waals surface area contributed by atoms with E-state index < -0.39 is 24.0 Å². The number of benzene rings is 1. The first kappa shape index (κ1) is 14.0. The largest absolute Gasteiger partial charge is 0.479 e. The SMILES string of the molecule is O=C(O)C1CCC(c2nc(-c3ccc(F)cc3Cl)no2)O1. The number of aliphatic carboxylic acids is 1. The fourth-order valence-electron chi connectivity index (χ4n) is 2.15. The van der Waals surface area contributed by atoms with Crippen LogP contribution in [0.1, 0.15) is 24.8 Å². The van der Waals surface area contributed by atoms with Crippen LogP contribution >= 0.6 is 11.6 Å². The second-order valence-corrected chi connectivity index (χ2v) is 5.02. The Morgan fingerprint density at radius 3 is 2.90 bits per heavy atom. The molecule has 1 N–H and O–H groups in total. The van der Waals surface area contributed by atoms with Crippen LogP contribution in [-0.4, -0.2) is 27.3 Å². The van der Waals surface area contributed by atoms with E-state index in [9.17, 15) is 9.18 Å². The van der Waals surface area contributed by atoms with E-state index >= 15 is 0 Å². The summed E-state index contributed by atoms with van der Waals surface area (Å²) in [5, 5.41) is 12.8. The third-order valence-electron chi connectivity index (χ3n) is 3.18. The molecule has 1 aromatic carbocycles. The van der Waals surface area contributed by atoms with Gasteiger partial charge >= 0.3 is 5.97 Å². The number of nitrogens with zero attached hydrogens (tertiary/aromatic N) is 2. The molecule has 1 aliphatic rings. The molecule has 0 radical (unpaired) electrons. The van der Waals surface area contributed by atoms with Gasteiger partial charge < -0.3 is 14.4 Å². The predicted octanol–water partition coefficient (Wildman–Crippen LogP) is 2.83. The maximum Gasteiger partial charge on any atom is 0.332 e. The van der Waals surface area contributed by atoms with Crippen molar-refractivity contribution in [3.63, 3.8) is 0 Å². The van der Waals surface area contributed by atoms with Gasteiger partial charge in [0.25, 0.3) is 5.89 Å². The van der Waals surface area contributed by atoms with Gasteiger partial charge in [-0.1, -0.05) is 16.8 Å². The summed E-state index contributed by atoms with van der Waals surface area (Å²) in [5.74, 6) is -1.08. The van der Waals surface area contributed by atoms with Crippen molar-refractivity contribution >= 4 is 17.6 Å². The van der Waals surface area contributed by atoms with Crippen LogP contribution in [0.25, 0.3) is 11.4 Å². The first-order valence-corrected chi connectivity index (χ1v) is 6.59. The van der Waals surface area contributed by atoms with E-state index in [1.54, 1.807) is 0 Å². The standard InChI is InChI=1S/C13H10ClFN2O4/c14-8-5-6(15)1-2-7(8)11-16-12(21-17-11)9-3-4-10(20-9)13(18)19/h1-2,5,9-10H,3-4H2,(H,18,19). The average Bonchev–Trinajstić information content (AvgIpc) is 3.07. The monoisotopic (exact) mass is 312 g/mol. The van der Waals surface area contributed by atoms with Crippen molar-refractivity contribution in [3.8, 4) is 11.4 Å². The van der Waals surface area contributed by atoms with Crippen LogP contribution in [0.4, 0.5) is 4.39 Å². The van der Waals surface area contributed by atoms with Gasteiger partial charge in [0.2, 0.25) is 5.82 Å². The van der Waals surface area contributed by atoms with E-state index in [2.05, 4.69) is 10.1 Å². The fraction of sp³-hybridized carbons (Fsp3) is 0.308. The van der Waals surface area contributed by atoms with Gasteiger partial charge in [0.1, 0.15) is 11.9 Å². The Labute approximate surface area is 123 Å². The average molecular weight is 313 g/mol. The molecule has 21 heavy (non-hydrogen) atoms. The summed E-state index contributed by atoms with van der Waals surface area (Å²) < 4.78 is 23.4. The summed E-state index contributed by atoms with van der Waals surface area (Å²) in [6.45, 7) is 0. The second-order valence-electron chi connectivity index (χ2n) is 4.61. The lowest BCUT2D eigenvalue weighted by Crippen LogP contribution is -2.18. The number of hydrogen-bond acceptors (Lipinski definition) is 5. The summed E-state index contributed by atoms with van der Waals surface area (Å²) in [7, 11) is 0. The fourth-order valence-corrected chi connectivity index (χ4v) is 2.40. The smallest absolute Gasteiger partial charge is 0.332 e. The van der Waals surface area contributed by atoms with Crippen molar-refractivity contribution in [1.82, 2.24) is 10.1 Å². The third-order valence-corrected chi connectivity index (χ3v) is 3.50. The van der Waals surface area contributed by atoms with Gasteiger partial charge in [-0.2, -0.15) is 4.98 Å². The minimum atomic E-state index is -1.01. The topological polar surface area (TPSA) is 85.5 Å². The van der Waals surface area contributed by atoms with Gasteiger partial charge in [-0.15, -0.1) is 0 Å². The number of carboxylic acids is 1. The maximum atomic E-state index is 13.0. The summed E-state index contributed by atoms with van der Waals surface area (Å²) in [6.07, 6.45) is -0.545. The molecule has 110 valence electrons. The molecule has 2 heterocycles. The van der Waals surface area contributed by atoms with Crippen LogP contribution in [-0.2, 0) is 9.53 Å². The highest BCUT2D eigenvalue weighted by Crippen LogP contribution is 2.34. The van der Waals surface area contributed by atoms with Gasteiger partial charge in [-0.05, 0) is 31.0 Å². The molecule has 2 unspecified atom stereocenters. The molecule has 2 atom stereocenters. The van der Waals surface area contributed by atoms with Crippen LogP contribution in [0.15, 0.2) is 22.7 Å². The predicted molar refractivity (Wildman–Crippen MR) is 69.2 cm³/mol. The molecule has 0 spiro atoms. The number of rotatable bonds is 3. The molecule has 0 bridgehead atoms. The van der Waals surface area contributed by atoms with Crippen LogP contribution < -0.4 is 0 Å². The molecule has 0 saturated carbocycles. The van der Waals surface area contributed by atoms with Crippen molar-refractivity contribution < 1.29 is 23.6 Å². The lowest BCUT2D eigenvalue weighted by molar-refractivity contribution is -0.150. The molecule has 3 rings (SSSR count). The normalized spacial score (nSPS) is 21.6. The van der Waals surface area contributed by atoms with Crippen LogP contribution in [0.3, 0.4) is 0 Å². The van der Waals surface area contributed by atoms with Crippen molar-refractivity contribution in [2.75, 3.05) is 0 Å². The molecule has 1 aromatic heterocycles. The lowest BCUT2D eigenvalue weighted by Gasteiger charge is -2.05. The van der Waals surface area contributed by atoms with Crippen LogP contribution in [0.2, 0.25) is 5.02 Å². The van der Waals surface area contributed by atoms with E-state index in [0.29, 0.717) is 18.4 Å². The Morgan fingerprint density at radius 2 is 2.24 bits per heavy atom. The van der Waals surface area contributed by atoms with E-state index in [4.69, 9.17) is 26.0 Å². The number of hydrogen-bond donors (Lipinski definition) is 1. The Balaban J connectivity index is 1.82. The highest BCUT2D eigenvalue weighted by molar-refractivity contribution is 6.33. The summed E-state index contributed by atoms with van der Waals surface area (Å²) >= 11 is 5.93. The van der Waals surface area contributed by atoms with Gasteiger partial charge in [-0.3, -0.25) is 0 Å². The van der Waals surface area contributed by atoms with E-state index in [1.807, 2.05) is 0 Å². The highest BCUT2D eigenvalue weighted by Gasteiger charge is 2.34. The molecule has 0 amide bonds. The number of aromatic nitrogens is 2. The Bertz CT molecular complexity index is 691. The van der Waals surface area contributed by atoms with Crippen molar-refractivity contribution in [1.29, 1.82) is 0 Å². The molecule has 1 fully saturated rings. The summed E-state index contributed by atoms with van der Waals surface area (Å²) in [6, 6.07) is 3.84. The molecule has 1 aliphatic heterocycles. The maximum absolute atomic E-state index is 13.0. The Morgan fingerprint density at radius 1 is 1.43 bits per heavy atom. The highest BCUT2D eigenvalue weighted by atomic mass is 35.5. The zero-order chi connectivity index (χ0) is 15.0. The zero-order valence-corrected chi connectivity index (χ0v) is 11.4. The number of carbonyl (C=O) groups is 1. The quantitative estimate of drug-likeness (QED) is 0.938. The van der Waals surface area contributed by atoms with E-state index in [0.717, 1.165) is 6.07 Å². The molecule has 6 nitrogen and oxygen atoms in total. The summed E-state index contributed by atoms with van der Waals surface area (Å²) in [5.41, 5.74) is 0.431. The minimum Gasteiger partial charge on any atom is -0.479 e. The van der Waals surface area contributed by atoms with E-state index in [1.165, 1.54) is 12.1 Å². The van der Waals surface area contributed by atoms with Crippen LogP contribution in [0.5, 0.6) is 0 Å². The number of ether oxygens (including phenoxy) is 1. The van der Waals surface area contributed by atoms with Crippen molar-refractivity contribution in [3.05, 3.63) is 34.9 Å². The van der Waals surface area contributed by atoms with Crippen molar-refractivity contribution in [2.24, 2.45) is 0 Å². The second kappa shape index (κ2) is 5.42. The van der Waals surface area contributed by atoms with E-state index in [-0.39, 0.29) is 16.7 Å². The Hall–Kier alpha value is -1.99. The Kier molecular flexibility index (Phi) is 3.60. The molecular weight excluding hydrogens is 303 g/mol. The van der Waals surface area contributed by atoms with Crippen LogP contribution in [0, 0.1) is 5.82 Å². The third kappa shape index (κ3) is 2.74. The number of halogens is 2. The first-order chi connectivity index (χ1) is 10.0. The summed E-state index contributed by atoms with van der Waals surface area (Å²) in [4.78, 5) is 15.0. The first-order valence-electron chi connectivity index (χ1n) is 6.22. The van der Waals surface area contributed by atoms with Gasteiger partial charge in [-0.25, -0.2) is 9.18 Å². The molecule has 8 heteroatoms.